The topological polar surface area (TPSA) is 54.0 Å². The van der Waals surface area contributed by atoms with Crippen LogP contribution in [0.4, 0.5) is 5.82 Å². The lowest BCUT2D eigenvalue weighted by molar-refractivity contribution is -0.125. The predicted octanol–water partition coefficient (Wildman–Crippen LogP) is 2.48. The number of aryl methyl sites for hydroxylation is 1. The first-order valence-corrected chi connectivity index (χ1v) is 6.95. The van der Waals surface area contributed by atoms with Crippen LogP contribution >= 0.6 is 15.9 Å². The maximum atomic E-state index is 12.3. The molecule has 1 unspecified atom stereocenters. The molecule has 0 aromatic carbocycles. The quantitative estimate of drug-likeness (QED) is 0.882. The summed E-state index contributed by atoms with van der Waals surface area (Å²) in [6.07, 6.45) is 3.67. The second-order valence-electron chi connectivity index (χ2n) is 5.11. The maximum absolute atomic E-state index is 12.3. The number of carbonyl (C=O) groups is 1. The van der Waals surface area contributed by atoms with Gasteiger partial charge in [0.05, 0.1) is 5.41 Å². The lowest BCUT2D eigenvalue weighted by Gasteiger charge is -2.32. The van der Waals surface area contributed by atoms with Crippen molar-refractivity contribution in [3.63, 3.8) is 0 Å². The zero-order valence-electron chi connectivity index (χ0n) is 10.7. The molecule has 1 aromatic rings. The minimum absolute atomic E-state index is 0.0453. The Kier molecular flexibility index (Phi) is 4.02. The number of anilines is 1. The summed E-state index contributed by atoms with van der Waals surface area (Å²) in [5.41, 5.74) is 0.730. The van der Waals surface area contributed by atoms with E-state index in [1.807, 2.05) is 19.9 Å². The molecule has 0 aliphatic carbocycles. The number of hydrogen-bond donors (Lipinski definition) is 2. The molecule has 2 heterocycles. The normalized spacial score (nSPS) is 23.7. The molecule has 18 heavy (non-hydrogen) atoms. The third-order valence-electron chi connectivity index (χ3n) is 3.43. The van der Waals surface area contributed by atoms with Crippen molar-refractivity contribution in [2.24, 2.45) is 5.41 Å². The van der Waals surface area contributed by atoms with Crippen LogP contribution in [-0.4, -0.2) is 24.0 Å². The number of carbonyl (C=O) groups excluding carboxylic acids is 1. The van der Waals surface area contributed by atoms with Crippen LogP contribution in [0.3, 0.4) is 0 Å². The Hall–Kier alpha value is -0.940. The van der Waals surface area contributed by atoms with Crippen molar-refractivity contribution >= 4 is 27.7 Å². The van der Waals surface area contributed by atoms with Crippen molar-refractivity contribution in [2.45, 2.75) is 26.7 Å². The van der Waals surface area contributed by atoms with Gasteiger partial charge in [-0.05, 0) is 60.8 Å². The third-order valence-corrected chi connectivity index (χ3v) is 4.26. The number of piperidine rings is 1. The highest BCUT2D eigenvalue weighted by molar-refractivity contribution is 9.10. The van der Waals surface area contributed by atoms with E-state index in [9.17, 15) is 4.79 Å². The number of nitrogens with one attached hydrogen (secondary N) is 2. The van der Waals surface area contributed by atoms with E-state index >= 15 is 0 Å². The average molecular weight is 312 g/mol. The standard InChI is InChI=1S/C13H18BrN3O/c1-9-6-11(16-7-10(9)14)17-12(18)13(2)4-3-5-15-8-13/h6-7,15H,3-5,8H2,1-2H3,(H,16,17,18). The monoisotopic (exact) mass is 311 g/mol. The minimum atomic E-state index is -0.332. The minimum Gasteiger partial charge on any atom is -0.316 e. The molecular formula is C13H18BrN3O. The lowest BCUT2D eigenvalue weighted by atomic mass is 9.82. The van der Waals surface area contributed by atoms with Crippen LogP contribution in [-0.2, 0) is 4.79 Å². The molecule has 98 valence electrons. The molecule has 0 radical (unpaired) electrons. The molecule has 1 saturated heterocycles. The molecule has 2 rings (SSSR count). The van der Waals surface area contributed by atoms with Crippen LogP contribution in [0.1, 0.15) is 25.3 Å². The van der Waals surface area contributed by atoms with E-state index in [0.29, 0.717) is 5.82 Å². The smallest absolute Gasteiger partial charge is 0.232 e. The van der Waals surface area contributed by atoms with E-state index in [1.165, 1.54) is 0 Å². The summed E-state index contributed by atoms with van der Waals surface area (Å²) in [6.45, 7) is 5.71. The molecule has 0 spiro atoms. The Morgan fingerprint density at radius 1 is 1.61 bits per heavy atom. The second kappa shape index (κ2) is 5.36. The van der Waals surface area contributed by atoms with Crippen molar-refractivity contribution in [2.75, 3.05) is 18.4 Å². The Labute approximate surface area is 116 Å². The van der Waals surface area contributed by atoms with Crippen LogP contribution in [0.5, 0.6) is 0 Å². The summed E-state index contributed by atoms with van der Waals surface area (Å²) in [6, 6.07) is 1.88. The van der Waals surface area contributed by atoms with Crippen LogP contribution in [0, 0.1) is 12.3 Å². The molecule has 1 aromatic heterocycles. The number of nitrogens with zero attached hydrogens (tertiary/aromatic N) is 1. The zero-order chi connectivity index (χ0) is 13.2. The van der Waals surface area contributed by atoms with Crippen molar-refractivity contribution in [1.82, 2.24) is 10.3 Å². The molecule has 5 heteroatoms. The Bertz CT molecular complexity index is 456. The lowest BCUT2D eigenvalue weighted by Crippen LogP contribution is -2.46. The number of amides is 1. The maximum Gasteiger partial charge on any atom is 0.232 e. The molecule has 2 N–H and O–H groups in total. The molecule has 1 aliphatic heterocycles. The number of aromatic nitrogens is 1. The van der Waals surface area contributed by atoms with Crippen molar-refractivity contribution in [3.05, 3.63) is 22.3 Å². The van der Waals surface area contributed by atoms with Gasteiger partial charge in [0.15, 0.2) is 0 Å². The Morgan fingerprint density at radius 2 is 2.39 bits per heavy atom. The van der Waals surface area contributed by atoms with Crippen molar-refractivity contribution < 1.29 is 4.79 Å². The predicted molar refractivity (Wildman–Crippen MR) is 75.5 cm³/mol. The van der Waals surface area contributed by atoms with Gasteiger partial charge in [0, 0.05) is 17.2 Å². The SMILES string of the molecule is Cc1cc(NC(=O)C2(C)CCCNC2)ncc1Br. The zero-order valence-corrected chi connectivity index (χ0v) is 12.3. The first kappa shape index (κ1) is 13.5. The highest BCUT2D eigenvalue weighted by Crippen LogP contribution is 2.27. The highest BCUT2D eigenvalue weighted by atomic mass is 79.9. The largest absolute Gasteiger partial charge is 0.316 e. The van der Waals surface area contributed by atoms with E-state index in [1.54, 1.807) is 6.20 Å². The summed E-state index contributed by atoms with van der Waals surface area (Å²) >= 11 is 3.40. The van der Waals surface area contributed by atoms with Crippen molar-refractivity contribution in [3.8, 4) is 0 Å². The van der Waals surface area contributed by atoms with Gasteiger partial charge in [-0.25, -0.2) is 4.98 Å². The molecule has 1 amide bonds. The number of halogens is 1. The van der Waals surface area contributed by atoms with Crippen LogP contribution < -0.4 is 10.6 Å². The van der Waals surface area contributed by atoms with Crippen LogP contribution in [0.25, 0.3) is 0 Å². The van der Waals surface area contributed by atoms with E-state index in [-0.39, 0.29) is 11.3 Å². The molecule has 0 saturated carbocycles. The average Bonchev–Trinajstić information content (AvgIpc) is 2.35. The molecule has 1 aliphatic rings. The number of pyridine rings is 1. The fraction of sp³-hybridized carbons (Fsp3) is 0.538. The third kappa shape index (κ3) is 2.90. The first-order chi connectivity index (χ1) is 8.51. The van der Waals surface area contributed by atoms with Gasteiger partial charge in [-0.2, -0.15) is 0 Å². The van der Waals surface area contributed by atoms with E-state index < -0.39 is 0 Å². The van der Waals surface area contributed by atoms with Crippen LogP contribution in [0.2, 0.25) is 0 Å². The van der Waals surface area contributed by atoms with Gasteiger partial charge in [0.25, 0.3) is 0 Å². The van der Waals surface area contributed by atoms with Gasteiger partial charge in [-0.15, -0.1) is 0 Å². The van der Waals surface area contributed by atoms with E-state index in [4.69, 9.17) is 0 Å². The highest BCUT2D eigenvalue weighted by Gasteiger charge is 2.34. The van der Waals surface area contributed by atoms with E-state index in [2.05, 4.69) is 31.5 Å². The number of rotatable bonds is 2. The van der Waals surface area contributed by atoms with Crippen molar-refractivity contribution in [1.29, 1.82) is 0 Å². The van der Waals surface area contributed by atoms with Gasteiger partial charge in [0.2, 0.25) is 5.91 Å². The second-order valence-corrected chi connectivity index (χ2v) is 5.97. The first-order valence-electron chi connectivity index (χ1n) is 6.16. The molecule has 1 atom stereocenters. The van der Waals surface area contributed by atoms with Gasteiger partial charge >= 0.3 is 0 Å². The van der Waals surface area contributed by atoms with Gasteiger partial charge in [0.1, 0.15) is 5.82 Å². The van der Waals surface area contributed by atoms with Crippen LogP contribution in [0.15, 0.2) is 16.7 Å². The summed E-state index contributed by atoms with van der Waals surface area (Å²) in [5, 5.41) is 6.18. The fourth-order valence-electron chi connectivity index (χ4n) is 2.12. The van der Waals surface area contributed by atoms with Gasteiger partial charge < -0.3 is 10.6 Å². The fourth-order valence-corrected chi connectivity index (χ4v) is 2.34. The summed E-state index contributed by atoms with van der Waals surface area (Å²) < 4.78 is 0.950. The molecule has 4 nitrogen and oxygen atoms in total. The molecule has 0 bridgehead atoms. The summed E-state index contributed by atoms with van der Waals surface area (Å²) in [7, 11) is 0. The van der Waals surface area contributed by atoms with Gasteiger partial charge in [-0.3, -0.25) is 4.79 Å². The number of hydrogen-bond acceptors (Lipinski definition) is 3. The van der Waals surface area contributed by atoms with E-state index in [0.717, 1.165) is 36.0 Å². The molecule has 1 fully saturated rings. The van der Waals surface area contributed by atoms with Gasteiger partial charge in [-0.1, -0.05) is 0 Å². The molecular weight excluding hydrogens is 294 g/mol. The Balaban J connectivity index is 2.08. The summed E-state index contributed by atoms with van der Waals surface area (Å²) in [4.78, 5) is 16.5. The summed E-state index contributed by atoms with van der Waals surface area (Å²) in [5.74, 6) is 0.663. The Morgan fingerprint density at radius 3 is 3.00 bits per heavy atom.